The second-order valence-electron chi connectivity index (χ2n) is 5.38. The molecule has 124 valence electrons. The Morgan fingerprint density at radius 1 is 1.27 bits per heavy atom. The molecule has 0 saturated heterocycles. The summed E-state index contributed by atoms with van der Waals surface area (Å²) >= 11 is 0. The van der Waals surface area contributed by atoms with E-state index in [1.165, 1.54) is 25.3 Å². The highest BCUT2D eigenvalue weighted by Crippen LogP contribution is 2.23. The molecule has 0 heterocycles. The Bertz CT molecular complexity index is 626. The van der Waals surface area contributed by atoms with E-state index in [4.69, 9.17) is 4.74 Å². The van der Waals surface area contributed by atoms with Crippen LogP contribution in [0.5, 0.6) is 5.75 Å². The molecule has 1 atom stereocenters. The number of sulfonamides is 1. The van der Waals surface area contributed by atoms with Gasteiger partial charge in [0.25, 0.3) is 5.91 Å². The predicted octanol–water partition coefficient (Wildman–Crippen LogP) is 1.77. The molecule has 0 unspecified atom stereocenters. The highest BCUT2D eigenvalue weighted by Gasteiger charge is 2.22. The van der Waals surface area contributed by atoms with E-state index < -0.39 is 10.0 Å². The lowest BCUT2D eigenvalue weighted by Crippen LogP contribution is -2.36. The van der Waals surface area contributed by atoms with E-state index in [0.717, 1.165) is 0 Å². The molecule has 1 aromatic rings. The van der Waals surface area contributed by atoms with Gasteiger partial charge in [-0.1, -0.05) is 13.8 Å². The van der Waals surface area contributed by atoms with Gasteiger partial charge in [0.1, 0.15) is 5.75 Å². The number of carbonyl (C=O) groups is 1. The number of amides is 1. The molecule has 2 N–H and O–H groups in total. The molecule has 0 aliphatic heterocycles. The molecule has 1 aromatic carbocycles. The van der Waals surface area contributed by atoms with Crippen LogP contribution in [-0.4, -0.2) is 34.0 Å². The van der Waals surface area contributed by atoms with Crippen molar-refractivity contribution in [3.63, 3.8) is 0 Å². The molecule has 0 spiro atoms. The summed E-state index contributed by atoms with van der Waals surface area (Å²) in [4.78, 5) is 12.1. The van der Waals surface area contributed by atoms with Gasteiger partial charge in [-0.15, -0.1) is 0 Å². The summed E-state index contributed by atoms with van der Waals surface area (Å²) < 4.78 is 32.5. The first-order chi connectivity index (χ1) is 10.2. The second kappa shape index (κ2) is 7.60. The van der Waals surface area contributed by atoms with Crippen LogP contribution in [0.15, 0.2) is 23.1 Å². The molecule has 0 bridgehead atoms. The smallest absolute Gasteiger partial charge is 0.255 e. The molecule has 0 aliphatic rings. The number of rotatable bonds is 7. The van der Waals surface area contributed by atoms with Crippen molar-refractivity contribution in [1.29, 1.82) is 0 Å². The number of benzene rings is 1. The Balaban J connectivity index is 3.21. The number of methoxy groups -OCH3 is 1. The second-order valence-corrected chi connectivity index (χ2v) is 7.09. The molecule has 1 amide bonds. The maximum Gasteiger partial charge on any atom is 0.255 e. The van der Waals surface area contributed by atoms with Crippen LogP contribution in [0.25, 0.3) is 0 Å². The van der Waals surface area contributed by atoms with E-state index in [0.29, 0.717) is 12.3 Å². The first-order valence-electron chi connectivity index (χ1n) is 7.21. The fourth-order valence-corrected chi connectivity index (χ4v) is 3.15. The topological polar surface area (TPSA) is 84.5 Å². The van der Waals surface area contributed by atoms with Crippen molar-refractivity contribution < 1.29 is 17.9 Å². The standard InChI is InChI=1S/C15H24N2O4S/c1-6-16-15(18)13-9-12(7-8-14(13)21-5)22(19,20)17-11(4)10(2)3/h7-11,17H,6H2,1-5H3,(H,16,18)/t11-/m0/s1. The Morgan fingerprint density at radius 3 is 2.41 bits per heavy atom. The van der Waals surface area contributed by atoms with Gasteiger partial charge in [0.2, 0.25) is 10.0 Å². The van der Waals surface area contributed by atoms with E-state index in [9.17, 15) is 13.2 Å². The van der Waals surface area contributed by atoms with Crippen LogP contribution in [0, 0.1) is 5.92 Å². The van der Waals surface area contributed by atoms with E-state index in [1.807, 2.05) is 13.8 Å². The average Bonchev–Trinajstić information content (AvgIpc) is 2.46. The van der Waals surface area contributed by atoms with Crippen LogP contribution in [0.4, 0.5) is 0 Å². The molecule has 1 rings (SSSR count). The van der Waals surface area contributed by atoms with Crippen molar-refractivity contribution in [3.05, 3.63) is 23.8 Å². The third-order valence-electron chi connectivity index (χ3n) is 3.40. The lowest BCUT2D eigenvalue weighted by atomic mass is 10.1. The minimum absolute atomic E-state index is 0.0436. The Hall–Kier alpha value is -1.60. The average molecular weight is 328 g/mol. The summed E-state index contributed by atoms with van der Waals surface area (Å²) in [6.45, 7) is 7.90. The zero-order valence-electron chi connectivity index (χ0n) is 13.6. The molecule has 0 radical (unpaired) electrons. The minimum atomic E-state index is -3.69. The molecule has 0 fully saturated rings. The molecule has 0 saturated carbocycles. The molecule has 0 aliphatic carbocycles. The zero-order valence-corrected chi connectivity index (χ0v) is 14.5. The molecular formula is C15H24N2O4S. The van der Waals surface area contributed by atoms with Crippen molar-refractivity contribution in [3.8, 4) is 5.75 Å². The van der Waals surface area contributed by atoms with Gasteiger partial charge < -0.3 is 10.1 Å². The molecule has 22 heavy (non-hydrogen) atoms. The van der Waals surface area contributed by atoms with Gasteiger partial charge >= 0.3 is 0 Å². The number of ether oxygens (including phenoxy) is 1. The third kappa shape index (κ3) is 4.45. The fraction of sp³-hybridized carbons (Fsp3) is 0.533. The van der Waals surface area contributed by atoms with Gasteiger partial charge in [-0.3, -0.25) is 4.79 Å². The van der Waals surface area contributed by atoms with E-state index >= 15 is 0 Å². The maximum atomic E-state index is 12.4. The maximum absolute atomic E-state index is 12.4. The van der Waals surface area contributed by atoms with Crippen molar-refractivity contribution in [2.75, 3.05) is 13.7 Å². The van der Waals surface area contributed by atoms with Crippen LogP contribution >= 0.6 is 0 Å². The number of nitrogens with one attached hydrogen (secondary N) is 2. The molecule has 7 heteroatoms. The van der Waals surface area contributed by atoms with Crippen LogP contribution in [0.3, 0.4) is 0 Å². The Morgan fingerprint density at radius 2 is 1.91 bits per heavy atom. The summed E-state index contributed by atoms with van der Waals surface area (Å²) in [5.41, 5.74) is 0.199. The van der Waals surface area contributed by atoms with Crippen molar-refractivity contribution in [2.24, 2.45) is 5.92 Å². The van der Waals surface area contributed by atoms with Crippen LogP contribution in [0.2, 0.25) is 0 Å². The lowest BCUT2D eigenvalue weighted by molar-refractivity contribution is 0.0952. The van der Waals surface area contributed by atoms with Gasteiger partial charge in [-0.05, 0) is 38.0 Å². The minimum Gasteiger partial charge on any atom is -0.496 e. The number of hydrogen-bond donors (Lipinski definition) is 2. The normalized spacial score (nSPS) is 13.0. The van der Waals surface area contributed by atoms with Gasteiger partial charge in [0, 0.05) is 12.6 Å². The summed E-state index contributed by atoms with van der Waals surface area (Å²) in [6.07, 6.45) is 0. The van der Waals surface area contributed by atoms with Gasteiger partial charge in [-0.2, -0.15) is 0 Å². The predicted molar refractivity (Wildman–Crippen MR) is 85.6 cm³/mol. The van der Waals surface area contributed by atoms with Gasteiger partial charge in [0.05, 0.1) is 17.6 Å². The largest absolute Gasteiger partial charge is 0.496 e. The van der Waals surface area contributed by atoms with Gasteiger partial charge in [0.15, 0.2) is 0 Å². The molecule has 0 aromatic heterocycles. The summed E-state index contributed by atoms with van der Waals surface area (Å²) in [5.74, 6) is 0.131. The lowest BCUT2D eigenvalue weighted by Gasteiger charge is -2.18. The Kier molecular flexibility index (Phi) is 6.37. The first kappa shape index (κ1) is 18.4. The number of carbonyl (C=O) groups excluding carboxylic acids is 1. The summed E-state index contributed by atoms with van der Waals surface area (Å²) in [5, 5.41) is 2.64. The van der Waals surface area contributed by atoms with Crippen LogP contribution in [0.1, 0.15) is 38.1 Å². The van der Waals surface area contributed by atoms with E-state index in [2.05, 4.69) is 10.0 Å². The number of hydrogen-bond acceptors (Lipinski definition) is 4. The van der Waals surface area contributed by atoms with Crippen molar-refractivity contribution >= 4 is 15.9 Å². The van der Waals surface area contributed by atoms with Crippen LogP contribution < -0.4 is 14.8 Å². The summed E-state index contributed by atoms with van der Waals surface area (Å²) in [6, 6.07) is 4.04. The van der Waals surface area contributed by atoms with Gasteiger partial charge in [-0.25, -0.2) is 13.1 Å². The molecule has 6 nitrogen and oxygen atoms in total. The van der Waals surface area contributed by atoms with Crippen LogP contribution in [-0.2, 0) is 10.0 Å². The quantitative estimate of drug-likeness (QED) is 0.799. The summed E-state index contributed by atoms with van der Waals surface area (Å²) in [7, 11) is -2.25. The first-order valence-corrected chi connectivity index (χ1v) is 8.69. The Labute approximate surface area is 132 Å². The van der Waals surface area contributed by atoms with Crippen molar-refractivity contribution in [1.82, 2.24) is 10.0 Å². The molecular weight excluding hydrogens is 304 g/mol. The highest BCUT2D eigenvalue weighted by atomic mass is 32.2. The highest BCUT2D eigenvalue weighted by molar-refractivity contribution is 7.89. The third-order valence-corrected chi connectivity index (χ3v) is 4.96. The zero-order chi connectivity index (χ0) is 16.9. The fourth-order valence-electron chi connectivity index (χ4n) is 1.74. The van der Waals surface area contributed by atoms with E-state index in [1.54, 1.807) is 13.8 Å². The monoisotopic (exact) mass is 328 g/mol. The van der Waals surface area contributed by atoms with E-state index in [-0.39, 0.29) is 28.3 Å². The van der Waals surface area contributed by atoms with Crippen molar-refractivity contribution in [2.45, 2.75) is 38.6 Å². The SMILES string of the molecule is CCNC(=O)c1cc(S(=O)(=O)N[C@@H](C)C(C)C)ccc1OC.